The van der Waals surface area contributed by atoms with Gasteiger partial charge in [0.15, 0.2) is 0 Å². The molecule has 0 aliphatic rings. The number of hydrogen-bond acceptors (Lipinski definition) is 5. The normalized spacial score (nSPS) is 12.5. The molecule has 0 bridgehead atoms. The van der Waals surface area contributed by atoms with Crippen molar-refractivity contribution >= 4 is 5.69 Å². The van der Waals surface area contributed by atoms with Crippen molar-refractivity contribution in [2.24, 2.45) is 0 Å². The maximum atomic E-state index is 9.58. The third-order valence-electron chi connectivity index (χ3n) is 2.25. The van der Waals surface area contributed by atoms with Gasteiger partial charge in [0.25, 0.3) is 0 Å². The van der Waals surface area contributed by atoms with Gasteiger partial charge in [0.05, 0.1) is 25.0 Å². The molecule has 0 saturated carbocycles. The molecule has 0 spiro atoms. The number of methoxy groups -OCH3 is 1. The zero-order chi connectivity index (χ0) is 12.0. The van der Waals surface area contributed by atoms with Gasteiger partial charge in [-0.3, -0.25) is 4.98 Å². The fourth-order valence-corrected chi connectivity index (χ4v) is 1.46. The largest absolute Gasteiger partial charge is 0.390 e. The van der Waals surface area contributed by atoms with E-state index in [1.807, 2.05) is 18.0 Å². The number of ether oxygens (including phenoxy) is 1. The summed E-state index contributed by atoms with van der Waals surface area (Å²) in [6.45, 7) is 0.702. The zero-order valence-corrected chi connectivity index (χ0v) is 9.63. The molecule has 90 valence electrons. The first-order valence-corrected chi connectivity index (χ1v) is 5.11. The number of anilines is 1. The van der Waals surface area contributed by atoms with Crippen molar-refractivity contribution in [2.75, 3.05) is 32.2 Å². The summed E-state index contributed by atoms with van der Waals surface area (Å²) in [5.74, 6) is 0. The van der Waals surface area contributed by atoms with Gasteiger partial charge in [-0.05, 0) is 12.1 Å². The lowest BCUT2D eigenvalue weighted by Crippen LogP contribution is -2.31. The van der Waals surface area contributed by atoms with Crippen LogP contribution in [0.4, 0.5) is 5.69 Å². The molecule has 0 saturated heterocycles. The highest BCUT2D eigenvalue weighted by Crippen LogP contribution is 2.13. The van der Waals surface area contributed by atoms with E-state index in [0.29, 0.717) is 18.8 Å². The molecule has 0 aliphatic carbocycles. The smallest absolute Gasteiger partial charge is 0.0947 e. The van der Waals surface area contributed by atoms with Gasteiger partial charge in [-0.1, -0.05) is 0 Å². The maximum Gasteiger partial charge on any atom is 0.0947 e. The second-order valence-electron chi connectivity index (χ2n) is 3.65. The summed E-state index contributed by atoms with van der Waals surface area (Å²) in [4.78, 5) is 5.89. The topological polar surface area (TPSA) is 65.8 Å². The van der Waals surface area contributed by atoms with E-state index in [1.165, 1.54) is 0 Å². The van der Waals surface area contributed by atoms with E-state index >= 15 is 0 Å². The van der Waals surface area contributed by atoms with Crippen LogP contribution in [0.2, 0.25) is 0 Å². The minimum absolute atomic E-state index is 0.0810. The van der Waals surface area contributed by atoms with Crippen LogP contribution in [0.3, 0.4) is 0 Å². The van der Waals surface area contributed by atoms with E-state index in [4.69, 9.17) is 9.84 Å². The second-order valence-corrected chi connectivity index (χ2v) is 3.65. The minimum Gasteiger partial charge on any atom is -0.390 e. The van der Waals surface area contributed by atoms with Crippen LogP contribution in [-0.2, 0) is 11.3 Å². The number of nitrogens with zero attached hydrogens (tertiary/aromatic N) is 2. The average molecular weight is 226 g/mol. The third kappa shape index (κ3) is 3.77. The van der Waals surface area contributed by atoms with Gasteiger partial charge in [-0.15, -0.1) is 0 Å². The summed E-state index contributed by atoms with van der Waals surface area (Å²) in [7, 11) is 3.43. The van der Waals surface area contributed by atoms with Gasteiger partial charge in [0.2, 0.25) is 0 Å². The van der Waals surface area contributed by atoms with Crippen molar-refractivity contribution < 1.29 is 14.9 Å². The van der Waals surface area contributed by atoms with Gasteiger partial charge in [-0.2, -0.15) is 0 Å². The predicted octanol–water partition coefficient (Wildman–Crippen LogP) is 0.0174. The number of aliphatic hydroxyl groups excluding tert-OH is 2. The molecule has 0 radical (unpaired) electrons. The Morgan fingerprint density at radius 2 is 2.31 bits per heavy atom. The Kier molecular flexibility index (Phi) is 5.18. The van der Waals surface area contributed by atoms with E-state index in [9.17, 15) is 5.11 Å². The Bertz CT molecular complexity index is 320. The first kappa shape index (κ1) is 12.9. The Morgan fingerprint density at radius 1 is 1.56 bits per heavy atom. The molecule has 1 aromatic rings. The summed E-state index contributed by atoms with van der Waals surface area (Å²) in [6, 6.07) is 3.62. The highest BCUT2D eigenvalue weighted by molar-refractivity contribution is 5.45. The number of hydrogen-bond donors (Lipinski definition) is 2. The molecule has 0 aromatic carbocycles. The summed E-state index contributed by atoms with van der Waals surface area (Å²) < 4.78 is 4.86. The predicted molar refractivity (Wildman–Crippen MR) is 61.3 cm³/mol. The molecule has 1 rings (SSSR count). The van der Waals surface area contributed by atoms with Crippen molar-refractivity contribution in [3.8, 4) is 0 Å². The molecule has 1 aromatic heterocycles. The monoisotopic (exact) mass is 226 g/mol. The first-order chi connectivity index (χ1) is 7.67. The van der Waals surface area contributed by atoms with Gasteiger partial charge < -0.3 is 19.8 Å². The van der Waals surface area contributed by atoms with Crippen LogP contribution in [0.1, 0.15) is 5.69 Å². The highest BCUT2D eigenvalue weighted by Gasteiger charge is 2.09. The fourth-order valence-electron chi connectivity index (χ4n) is 1.46. The molecular formula is C11H18N2O3. The number of pyridine rings is 1. The number of aromatic nitrogens is 1. The molecule has 1 atom stereocenters. The van der Waals surface area contributed by atoms with Crippen LogP contribution in [0.15, 0.2) is 18.3 Å². The summed E-state index contributed by atoms with van der Waals surface area (Å²) in [5.41, 5.74) is 1.53. The maximum absolute atomic E-state index is 9.58. The van der Waals surface area contributed by atoms with Gasteiger partial charge >= 0.3 is 0 Å². The van der Waals surface area contributed by atoms with Crippen molar-refractivity contribution in [3.63, 3.8) is 0 Å². The average Bonchev–Trinajstić information content (AvgIpc) is 2.29. The van der Waals surface area contributed by atoms with Crippen molar-refractivity contribution in [1.82, 2.24) is 4.98 Å². The van der Waals surface area contributed by atoms with E-state index in [1.54, 1.807) is 19.4 Å². The molecule has 2 N–H and O–H groups in total. The minimum atomic E-state index is -0.527. The molecule has 0 fully saturated rings. The molecule has 1 unspecified atom stereocenters. The summed E-state index contributed by atoms with van der Waals surface area (Å²) in [5, 5.41) is 18.5. The van der Waals surface area contributed by atoms with Crippen molar-refractivity contribution in [3.05, 3.63) is 24.0 Å². The van der Waals surface area contributed by atoms with E-state index in [0.717, 1.165) is 5.69 Å². The molecule has 0 amide bonds. The molecule has 0 aliphatic heterocycles. The van der Waals surface area contributed by atoms with Crippen LogP contribution >= 0.6 is 0 Å². The van der Waals surface area contributed by atoms with E-state index in [-0.39, 0.29) is 6.61 Å². The van der Waals surface area contributed by atoms with Crippen LogP contribution in [-0.4, -0.2) is 48.6 Å². The van der Waals surface area contributed by atoms with Gasteiger partial charge in [-0.25, -0.2) is 0 Å². The lowest BCUT2D eigenvalue weighted by Gasteiger charge is -2.22. The van der Waals surface area contributed by atoms with Gasteiger partial charge in [0, 0.05) is 32.6 Å². The van der Waals surface area contributed by atoms with Crippen LogP contribution in [0, 0.1) is 0 Å². The fraction of sp³-hybridized carbons (Fsp3) is 0.545. The Morgan fingerprint density at radius 3 is 2.94 bits per heavy atom. The molecular weight excluding hydrogens is 208 g/mol. The standard InChI is InChI=1S/C11H18N2O3/c1-13(6-11(15)8-16-2)10-3-4-12-9(5-10)7-14/h3-5,11,14-15H,6-8H2,1-2H3. The van der Waals surface area contributed by atoms with E-state index in [2.05, 4.69) is 4.98 Å². The molecule has 1 heterocycles. The number of rotatable bonds is 6. The second kappa shape index (κ2) is 6.42. The number of aliphatic hydroxyl groups is 2. The Hall–Kier alpha value is -1.17. The quantitative estimate of drug-likeness (QED) is 0.715. The molecule has 5 heteroatoms. The first-order valence-electron chi connectivity index (χ1n) is 5.11. The third-order valence-corrected chi connectivity index (χ3v) is 2.25. The Balaban J connectivity index is 2.61. The molecule has 16 heavy (non-hydrogen) atoms. The lowest BCUT2D eigenvalue weighted by molar-refractivity contribution is 0.0695. The molecule has 5 nitrogen and oxygen atoms in total. The van der Waals surface area contributed by atoms with Crippen molar-refractivity contribution in [2.45, 2.75) is 12.7 Å². The summed E-state index contributed by atoms with van der Waals surface area (Å²) >= 11 is 0. The van der Waals surface area contributed by atoms with Crippen LogP contribution in [0.5, 0.6) is 0 Å². The SMILES string of the molecule is COCC(O)CN(C)c1ccnc(CO)c1. The Labute approximate surface area is 95.3 Å². The van der Waals surface area contributed by atoms with Crippen molar-refractivity contribution in [1.29, 1.82) is 0 Å². The number of likely N-dealkylation sites (N-methyl/N-ethyl adjacent to an activating group) is 1. The van der Waals surface area contributed by atoms with E-state index < -0.39 is 6.10 Å². The highest BCUT2D eigenvalue weighted by atomic mass is 16.5. The summed E-state index contributed by atoms with van der Waals surface area (Å²) in [6.07, 6.45) is 1.11. The zero-order valence-electron chi connectivity index (χ0n) is 9.63. The van der Waals surface area contributed by atoms with Crippen LogP contribution < -0.4 is 4.90 Å². The van der Waals surface area contributed by atoms with Gasteiger partial charge in [0.1, 0.15) is 0 Å². The van der Waals surface area contributed by atoms with Crippen LogP contribution in [0.25, 0.3) is 0 Å². The lowest BCUT2D eigenvalue weighted by atomic mass is 10.2.